The number of aromatic nitrogens is 2. The number of likely N-dealkylation sites (tertiary alicyclic amines) is 1. The number of hydrogen-bond acceptors (Lipinski definition) is 8. The number of anilines is 2. The highest BCUT2D eigenvalue weighted by Gasteiger charge is 2.24. The van der Waals surface area contributed by atoms with Crippen LogP contribution >= 0.6 is 0 Å². The van der Waals surface area contributed by atoms with E-state index >= 15 is 0 Å². The molecule has 3 heterocycles. The van der Waals surface area contributed by atoms with E-state index in [0.717, 1.165) is 74.8 Å². The Bertz CT molecular complexity index is 889. The third-order valence-electron chi connectivity index (χ3n) is 6.58. The van der Waals surface area contributed by atoms with Crippen LogP contribution in [0, 0.1) is 0 Å². The molecule has 0 saturated carbocycles. The number of nitrogens with zero attached hydrogens (tertiary/aromatic N) is 5. The first-order chi connectivity index (χ1) is 15.0. The molecule has 31 heavy (non-hydrogen) atoms. The fraction of sp³-hybridized carbons (Fsp3) is 0.652. The van der Waals surface area contributed by atoms with Crippen LogP contribution in [0.25, 0.3) is 10.9 Å². The van der Waals surface area contributed by atoms with Crippen LogP contribution in [0.15, 0.2) is 12.1 Å². The second-order valence-electron chi connectivity index (χ2n) is 8.94. The minimum absolute atomic E-state index is 0.404. The molecule has 1 N–H and O–H groups in total. The molecule has 2 saturated heterocycles. The Morgan fingerprint density at radius 1 is 0.935 bits per heavy atom. The number of hydrogen-bond donors (Lipinski definition) is 1. The maximum Gasteiger partial charge on any atom is 0.227 e. The topological polar surface area (TPSA) is 66.0 Å². The molecule has 0 bridgehead atoms. The average Bonchev–Trinajstić information content (AvgIpc) is 2.79. The van der Waals surface area contributed by atoms with E-state index in [1.54, 1.807) is 14.2 Å². The van der Waals surface area contributed by atoms with Gasteiger partial charge in [0, 0.05) is 62.8 Å². The molecular weight excluding hydrogens is 392 g/mol. The fourth-order valence-corrected chi connectivity index (χ4v) is 4.45. The summed E-state index contributed by atoms with van der Waals surface area (Å²) in [7, 11) is 5.48. The van der Waals surface area contributed by atoms with Gasteiger partial charge in [0.2, 0.25) is 5.95 Å². The van der Waals surface area contributed by atoms with Crippen molar-refractivity contribution in [3.8, 4) is 11.5 Å². The molecule has 0 unspecified atom stereocenters. The largest absolute Gasteiger partial charge is 0.493 e. The Hall–Kier alpha value is -2.32. The number of piperazine rings is 1. The molecule has 0 atom stereocenters. The van der Waals surface area contributed by atoms with Crippen molar-refractivity contribution in [2.45, 2.75) is 38.8 Å². The quantitative estimate of drug-likeness (QED) is 0.753. The van der Waals surface area contributed by atoms with Gasteiger partial charge in [-0.2, -0.15) is 4.98 Å². The van der Waals surface area contributed by atoms with Crippen LogP contribution in [0.5, 0.6) is 11.5 Å². The van der Waals surface area contributed by atoms with Gasteiger partial charge in [0.25, 0.3) is 0 Å². The van der Waals surface area contributed by atoms with Gasteiger partial charge in [-0.15, -0.1) is 0 Å². The van der Waals surface area contributed by atoms with Crippen molar-refractivity contribution in [1.82, 2.24) is 19.8 Å². The van der Waals surface area contributed by atoms with E-state index in [-0.39, 0.29) is 0 Å². The van der Waals surface area contributed by atoms with E-state index in [4.69, 9.17) is 19.4 Å². The van der Waals surface area contributed by atoms with Crippen molar-refractivity contribution in [2.24, 2.45) is 0 Å². The van der Waals surface area contributed by atoms with Gasteiger partial charge in [-0.3, -0.25) is 0 Å². The van der Waals surface area contributed by atoms with Gasteiger partial charge >= 0.3 is 0 Å². The van der Waals surface area contributed by atoms with Crippen molar-refractivity contribution < 1.29 is 9.47 Å². The molecule has 1 aromatic carbocycles. The second-order valence-corrected chi connectivity index (χ2v) is 8.94. The zero-order valence-electron chi connectivity index (χ0n) is 19.5. The first kappa shape index (κ1) is 21.9. The predicted octanol–water partition coefficient (Wildman–Crippen LogP) is 2.68. The molecule has 4 rings (SSSR count). The summed E-state index contributed by atoms with van der Waals surface area (Å²) in [6.45, 7) is 10.7. The number of likely N-dealkylation sites (N-methyl/N-ethyl adjacent to an activating group) is 1. The van der Waals surface area contributed by atoms with Gasteiger partial charge in [-0.05, 0) is 39.8 Å². The highest BCUT2D eigenvalue weighted by Crippen LogP contribution is 2.35. The van der Waals surface area contributed by atoms with E-state index in [2.05, 4.69) is 40.9 Å². The summed E-state index contributed by atoms with van der Waals surface area (Å²) in [6.07, 6.45) is 2.22. The minimum atomic E-state index is 0.404. The van der Waals surface area contributed by atoms with Crippen LogP contribution in [-0.2, 0) is 0 Å². The van der Waals surface area contributed by atoms with Crippen LogP contribution in [-0.4, -0.2) is 92.4 Å². The fourth-order valence-electron chi connectivity index (χ4n) is 4.45. The lowest BCUT2D eigenvalue weighted by atomic mass is 10.0. The normalized spacial score (nSPS) is 19.2. The highest BCUT2D eigenvalue weighted by atomic mass is 16.5. The molecule has 0 spiro atoms. The molecule has 1 aromatic heterocycles. The lowest BCUT2D eigenvalue weighted by molar-refractivity contribution is 0.177. The number of rotatable bonds is 6. The number of piperidine rings is 1. The van der Waals surface area contributed by atoms with Gasteiger partial charge in [-0.25, -0.2) is 4.98 Å². The van der Waals surface area contributed by atoms with Crippen LogP contribution in [0.1, 0.15) is 26.7 Å². The molecule has 2 aliphatic heterocycles. The third-order valence-corrected chi connectivity index (χ3v) is 6.58. The third kappa shape index (κ3) is 4.80. The van der Waals surface area contributed by atoms with Gasteiger partial charge in [0.1, 0.15) is 5.82 Å². The minimum Gasteiger partial charge on any atom is -0.493 e. The van der Waals surface area contributed by atoms with Crippen molar-refractivity contribution in [1.29, 1.82) is 0 Å². The standard InChI is InChI=1S/C23H36N6O2/c1-16(2)28-8-6-17(7-9-28)24-22-18-14-20(30-4)21(31-5)15-19(18)25-23(26-22)29-12-10-27(3)11-13-29/h14-17H,6-13H2,1-5H3,(H,24,25,26). The van der Waals surface area contributed by atoms with Crippen molar-refractivity contribution in [3.05, 3.63) is 12.1 Å². The Kier molecular flexibility index (Phi) is 6.67. The molecule has 2 aromatic rings. The summed E-state index contributed by atoms with van der Waals surface area (Å²) in [5.41, 5.74) is 0.878. The predicted molar refractivity (Wildman–Crippen MR) is 126 cm³/mol. The Morgan fingerprint density at radius 2 is 1.58 bits per heavy atom. The number of methoxy groups -OCH3 is 2. The zero-order chi connectivity index (χ0) is 22.0. The highest BCUT2D eigenvalue weighted by molar-refractivity contribution is 5.93. The molecular formula is C23H36N6O2. The van der Waals surface area contributed by atoms with E-state index in [0.29, 0.717) is 23.6 Å². The van der Waals surface area contributed by atoms with Gasteiger partial charge in [0.05, 0.1) is 19.7 Å². The van der Waals surface area contributed by atoms with Crippen LogP contribution in [0.4, 0.5) is 11.8 Å². The van der Waals surface area contributed by atoms with Crippen molar-refractivity contribution in [2.75, 3.05) is 70.8 Å². The average molecular weight is 429 g/mol. The maximum atomic E-state index is 5.56. The summed E-state index contributed by atoms with van der Waals surface area (Å²) in [4.78, 5) is 17.1. The molecule has 8 nitrogen and oxygen atoms in total. The summed E-state index contributed by atoms with van der Waals surface area (Å²) >= 11 is 0. The lowest BCUT2D eigenvalue weighted by Gasteiger charge is -2.35. The summed E-state index contributed by atoms with van der Waals surface area (Å²) < 4.78 is 11.1. The number of nitrogens with one attached hydrogen (secondary N) is 1. The number of benzene rings is 1. The summed E-state index contributed by atoms with van der Waals surface area (Å²) in [5, 5.41) is 4.72. The molecule has 2 fully saturated rings. The van der Waals surface area contributed by atoms with Crippen LogP contribution < -0.4 is 19.7 Å². The number of ether oxygens (including phenoxy) is 2. The van der Waals surface area contributed by atoms with Gasteiger partial charge in [-0.1, -0.05) is 0 Å². The zero-order valence-corrected chi connectivity index (χ0v) is 19.5. The Balaban J connectivity index is 1.67. The first-order valence-corrected chi connectivity index (χ1v) is 11.4. The molecule has 0 amide bonds. The monoisotopic (exact) mass is 428 g/mol. The Labute approximate surface area is 185 Å². The van der Waals surface area contributed by atoms with Crippen LogP contribution in [0.2, 0.25) is 0 Å². The van der Waals surface area contributed by atoms with Crippen LogP contribution in [0.3, 0.4) is 0 Å². The molecule has 0 aliphatic carbocycles. The van der Waals surface area contributed by atoms with E-state index in [1.807, 2.05) is 12.1 Å². The maximum absolute atomic E-state index is 5.56. The second kappa shape index (κ2) is 9.44. The molecule has 170 valence electrons. The van der Waals surface area contributed by atoms with Gasteiger partial charge in [0.15, 0.2) is 11.5 Å². The molecule has 0 radical (unpaired) electrons. The summed E-state index contributed by atoms with van der Waals surface area (Å²) in [5.74, 6) is 3.07. The summed E-state index contributed by atoms with van der Waals surface area (Å²) in [6, 6.07) is 4.96. The molecule has 2 aliphatic rings. The van der Waals surface area contributed by atoms with Gasteiger partial charge < -0.3 is 29.5 Å². The van der Waals surface area contributed by atoms with Crippen molar-refractivity contribution in [3.63, 3.8) is 0 Å². The lowest BCUT2D eigenvalue weighted by Crippen LogP contribution is -2.45. The first-order valence-electron chi connectivity index (χ1n) is 11.4. The SMILES string of the molecule is COc1cc2nc(N3CCN(C)CC3)nc(NC3CCN(C(C)C)CC3)c2cc1OC. The van der Waals surface area contributed by atoms with E-state index in [9.17, 15) is 0 Å². The van der Waals surface area contributed by atoms with Crippen molar-refractivity contribution >= 4 is 22.7 Å². The number of fused-ring (bicyclic) bond motifs is 1. The Morgan fingerprint density at radius 3 is 2.19 bits per heavy atom. The van der Waals surface area contributed by atoms with E-state index in [1.165, 1.54) is 0 Å². The smallest absolute Gasteiger partial charge is 0.227 e. The molecule has 8 heteroatoms. The van der Waals surface area contributed by atoms with E-state index < -0.39 is 0 Å².